The van der Waals surface area contributed by atoms with Crippen LogP contribution in [0, 0.1) is 11.8 Å². The number of aromatic nitrogens is 4. The second-order valence-electron chi connectivity index (χ2n) is 15.7. The van der Waals surface area contributed by atoms with Gasteiger partial charge in [-0.3, -0.25) is 23.2 Å². The molecule has 0 fully saturated rings. The minimum Gasteiger partial charge on any atom is -0.508 e. The first-order valence-corrected chi connectivity index (χ1v) is 25.8. The number of carboxylic acid groups (broad SMARTS) is 1. The highest BCUT2D eigenvalue weighted by Gasteiger charge is 2.42. The molecule has 1 aliphatic carbocycles. The van der Waals surface area contributed by atoms with Crippen LogP contribution in [0.3, 0.4) is 0 Å². The Morgan fingerprint density at radius 1 is 0.917 bits per heavy atom. The van der Waals surface area contributed by atoms with Gasteiger partial charge in [0, 0.05) is 46.9 Å². The predicted molar refractivity (Wildman–Crippen MR) is 254 cm³/mol. The third-order valence-corrected chi connectivity index (χ3v) is 15.1. The SMILES string of the molecule is CCCC(Nc1ncnc2c1ncn2[C@H]1CC(O)=C(COP(=O)(O)OP(=O)(O)OP(=O)(O)OC)O1)c1ccc(C#CCNC(=O)c2ccc(C(=O)O)c(-c3c4ccc(=O)cc-4oc4cc(O)ccc34)c2)cc1. The van der Waals surface area contributed by atoms with Crippen molar-refractivity contribution < 1.29 is 80.1 Å². The molecule has 5 aromatic rings. The van der Waals surface area contributed by atoms with E-state index in [1.54, 1.807) is 6.07 Å². The van der Waals surface area contributed by atoms with Crippen LogP contribution < -0.4 is 16.1 Å². The molecule has 4 unspecified atom stereocenters. The molecule has 4 heterocycles. The molecule has 3 aromatic carbocycles. The monoisotopic (exact) mass is 1050 g/mol. The van der Waals surface area contributed by atoms with Gasteiger partial charge in [0.1, 0.15) is 42.1 Å². The zero-order valence-corrected chi connectivity index (χ0v) is 40.2. The molecule has 0 bridgehead atoms. The van der Waals surface area contributed by atoms with E-state index in [9.17, 15) is 58.1 Å². The third kappa shape index (κ3) is 11.6. The summed E-state index contributed by atoms with van der Waals surface area (Å²) in [4.78, 5) is 80.2. The lowest BCUT2D eigenvalue weighted by atomic mass is 9.89. The van der Waals surface area contributed by atoms with E-state index >= 15 is 0 Å². The fourth-order valence-electron chi connectivity index (χ4n) is 7.64. The standard InChI is InChI=1S/C45H41N6O18P3/c1-3-5-34(50-42-41-43(48-23-47-42)51(24-49-41)39-21-35(54)38(67-39)22-65-71(60,61)69-72(62,63)68-70(58,59)64-2)26-9-7-25(8-10-26)6-4-17-46-44(55)27-11-14-30(45(56)57)33(18-27)40-31-15-12-28(52)19-36(31)66-37-20-29(53)13-16-32(37)40/h7-16,18-20,23-24,34,39,52,54H,3,5,17,21-22H2,1-2H3,(H,46,55)(H,56,57)(H,58,59)(H,60,61)(H,62,63)(H,47,48,50)/t34?,39-/m1/s1. The van der Waals surface area contributed by atoms with Crippen molar-refractivity contribution in [3.05, 3.63) is 136 Å². The van der Waals surface area contributed by atoms with Crippen LogP contribution in [0.1, 0.15) is 70.3 Å². The molecule has 72 heavy (non-hydrogen) atoms. The largest absolute Gasteiger partial charge is 0.508 e. The van der Waals surface area contributed by atoms with Crippen LogP contribution in [0.15, 0.2) is 112 Å². The van der Waals surface area contributed by atoms with Crippen LogP contribution in [0.2, 0.25) is 0 Å². The Morgan fingerprint density at radius 2 is 1.68 bits per heavy atom. The molecule has 1 amide bonds. The van der Waals surface area contributed by atoms with Crippen molar-refractivity contribution in [2.75, 3.05) is 25.6 Å². The smallest absolute Gasteiger partial charge is 0.490 e. The summed E-state index contributed by atoms with van der Waals surface area (Å²) in [6, 6.07) is 19.7. The van der Waals surface area contributed by atoms with Gasteiger partial charge in [-0.25, -0.2) is 33.4 Å². The number of benzene rings is 4. The second-order valence-corrected chi connectivity index (χ2v) is 20.4. The highest BCUT2D eigenvalue weighted by atomic mass is 31.3. The second kappa shape index (κ2) is 20.8. The number of hydrogen-bond acceptors (Lipinski definition) is 18. The number of ether oxygens (including phenoxy) is 1. The maximum absolute atomic E-state index is 13.5. The zero-order valence-electron chi connectivity index (χ0n) is 37.6. The van der Waals surface area contributed by atoms with Gasteiger partial charge in [-0.1, -0.05) is 37.3 Å². The summed E-state index contributed by atoms with van der Waals surface area (Å²) in [5.41, 5.74) is 3.08. The Labute approximate surface area is 406 Å². The van der Waals surface area contributed by atoms with Crippen molar-refractivity contribution in [2.24, 2.45) is 0 Å². The van der Waals surface area contributed by atoms with Crippen LogP contribution in [0.5, 0.6) is 5.75 Å². The molecule has 0 radical (unpaired) electrons. The van der Waals surface area contributed by atoms with Crippen molar-refractivity contribution in [2.45, 2.75) is 38.5 Å². The van der Waals surface area contributed by atoms with Crippen LogP contribution in [-0.2, 0) is 36.1 Å². The zero-order chi connectivity index (χ0) is 51.5. The number of carbonyl (C=O) groups is 2. The number of fused-ring (bicyclic) bond motifs is 3. The fraction of sp³-hybridized carbons (Fsp3) is 0.200. The number of rotatable bonds is 18. The number of phenolic OH excluding ortho intramolecular Hbond substituents is 1. The number of imidazole rings is 1. The Morgan fingerprint density at radius 3 is 2.42 bits per heavy atom. The maximum atomic E-state index is 13.5. The van der Waals surface area contributed by atoms with E-state index < -0.39 is 53.9 Å². The average molecular weight is 1050 g/mol. The van der Waals surface area contributed by atoms with E-state index in [4.69, 9.17) is 9.15 Å². The summed E-state index contributed by atoms with van der Waals surface area (Å²) in [6.07, 6.45) is 2.97. The van der Waals surface area contributed by atoms with Gasteiger partial charge in [0.25, 0.3) is 5.91 Å². The molecule has 2 aromatic heterocycles. The van der Waals surface area contributed by atoms with Crippen LogP contribution in [-0.4, -0.2) is 81.7 Å². The normalized spacial score (nSPS) is 16.5. The first-order valence-electron chi connectivity index (χ1n) is 21.3. The van der Waals surface area contributed by atoms with Gasteiger partial charge in [-0.2, -0.15) is 8.62 Å². The maximum Gasteiger partial charge on any atom is 0.490 e. The minimum absolute atomic E-state index is 0.0525. The van der Waals surface area contributed by atoms with Crippen molar-refractivity contribution in [3.8, 4) is 40.0 Å². The molecule has 3 aliphatic rings. The number of carboxylic acids is 1. The highest BCUT2D eigenvalue weighted by molar-refractivity contribution is 7.66. The predicted octanol–water partition coefficient (Wildman–Crippen LogP) is 7.53. The summed E-state index contributed by atoms with van der Waals surface area (Å²) >= 11 is 0. The molecule has 24 nitrogen and oxygen atoms in total. The van der Waals surface area contributed by atoms with E-state index in [2.05, 4.69) is 55.1 Å². The first kappa shape index (κ1) is 51.1. The molecule has 0 saturated heterocycles. The van der Waals surface area contributed by atoms with E-state index in [0.717, 1.165) is 12.0 Å². The summed E-state index contributed by atoms with van der Waals surface area (Å²) in [5, 5.41) is 37.5. The lowest BCUT2D eigenvalue weighted by Gasteiger charge is -2.20. The molecule has 5 atom stereocenters. The van der Waals surface area contributed by atoms with E-state index in [1.807, 2.05) is 31.2 Å². The van der Waals surface area contributed by atoms with Crippen molar-refractivity contribution in [3.63, 3.8) is 0 Å². The van der Waals surface area contributed by atoms with Crippen LogP contribution in [0.4, 0.5) is 5.82 Å². The van der Waals surface area contributed by atoms with Crippen molar-refractivity contribution in [1.82, 2.24) is 24.8 Å². The van der Waals surface area contributed by atoms with E-state index in [1.165, 1.54) is 65.8 Å². The number of nitrogens with zero attached hydrogens (tertiary/aromatic N) is 4. The number of aromatic carboxylic acids is 1. The van der Waals surface area contributed by atoms with Gasteiger partial charge in [0.05, 0.1) is 24.6 Å². The molecule has 8 rings (SSSR count). The minimum atomic E-state index is -5.65. The number of phosphoric ester groups is 2. The quantitative estimate of drug-likeness (QED) is 0.0234. The lowest BCUT2D eigenvalue weighted by molar-refractivity contribution is 0.0630. The molecular weight excluding hydrogens is 1010 g/mol. The fourth-order valence-corrected chi connectivity index (χ4v) is 10.9. The summed E-state index contributed by atoms with van der Waals surface area (Å²) in [5.74, 6) is 3.87. The number of anilines is 1. The number of amides is 1. The molecule has 2 aliphatic heterocycles. The number of aromatic hydroxyl groups is 1. The van der Waals surface area contributed by atoms with Crippen molar-refractivity contribution >= 4 is 63.3 Å². The molecule has 374 valence electrons. The lowest BCUT2D eigenvalue weighted by Crippen LogP contribution is -2.23. The summed E-state index contributed by atoms with van der Waals surface area (Å²) < 4.78 is 65.4. The molecular formula is C45H41N6O18P3. The van der Waals surface area contributed by atoms with Gasteiger partial charge in [0.2, 0.25) is 0 Å². The van der Waals surface area contributed by atoms with Gasteiger partial charge >= 0.3 is 29.4 Å². The molecule has 0 saturated carbocycles. The van der Waals surface area contributed by atoms with Gasteiger partial charge in [-0.15, -0.1) is 0 Å². The van der Waals surface area contributed by atoms with E-state index in [0.29, 0.717) is 46.9 Å². The summed E-state index contributed by atoms with van der Waals surface area (Å²) in [6.45, 7) is 1.02. The van der Waals surface area contributed by atoms with Crippen LogP contribution in [0.25, 0.3) is 44.6 Å². The first-order chi connectivity index (χ1) is 34.2. The molecule has 27 heteroatoms. The topological polar surface area (TPSA) is 351 Å². The Balaban J connectivity index is 0.913. The third-order valence-electron chi connectivity index (χ3n) is 10.9. The van der Waals surface area contributed by atoms with Gasteiger partial charge in [-0.05, 0) is 72.1 Å². The van der Waals surface area contributed by atoms with Crippen LogP contribution >= 0.6 is 23.5 Å². The highest BCUT2D eigenvalue weighted by Crippen LogP contribution is 2.67. The van der Waals surface area contributed by atoms with E-state index in [-0.39, 0.29) is 69.6 Å². The number of hydrogen-bond donors (Lipinski definition) is 8. The van der Waals surface area contributed by atoms with Crippen molar-refractivity contribution in [1.29, 1.82) is 0 Å². The van der Waals surface area contributed by atoms with Gasteiger partial charge in [0.15, 0.2) is 34.4 Å². The Hall–Kier alpha value is -7.25. The Kier molecular flexibility index (Phi) is 14.8. The summed E-state index contributed by atoms with van der Waals surface area (Å²) in [7, 11) is -15.5. The number of nitrogens with one attached hydrogen (secondary N) is 2. The molecule has 0 spiro atoms. The van der Waals surface area contributed by atoms with Gasteiger partial charge < -0.3 is 49.8 Å². The number of phenols is 1. The molecule has 8 N–H and O–H groups in total. The number of carbonyl (C=O) groups excluding carboxylic acids is 1. The Bertz CT molecular complexity index is 3530. The number of phosphoric acid groups is 3. The average Bonchev–Trinajstić information content (AvgIpc) is 3.94. The number of aliphatic hydroxyl groups excluding tert-OH is 1. The number of aliphatic hydroxyl groups is 1.